The molecule has 0 atom stereocenters. The van der Waals surface area contributed by atoms with Gasteiger partial charge in [-0.15, -0.1) is 0 Å². The smallest absolute Gasteiger partial charge is 0.334 e. The Morgan fingerprint density at radius 3 is 2.27 bits per heavy atom. The molecule has 0 aromatic heterocycles. The lowest BCUT2D eigenvalue weighted by Gasteiger charge is -2.23. The maximum Gasteiger partial charge on any atom is 0.334 e. The number of carbonyl (C=O) groups is 2. The molecular weight excluding hydrogens is 198 g/mol. The van der Waals surface area contributed by atoms with Gasteiger partial charge in [0, 0.05) is 5.57 Å². The fourth-order valence-electron chi connectivity index (χ4n) is 0.769. The van der Waals surface area contributed by atoms with E-state index >= 15 is 0 Å². The lowest BCUT2D eigenvalue weighted by Crippen LogP contribution is -2.38. The van der Waals surface area contributed by atoms with E-state index in [0.29, 0.717) is 11.0 Å². The summed E-state index contributed by atoms with van der Waals surface area (Å²) >= 11 is 0. The summed E-state index contributed by atoms with van der Waals surface area (Å²) in [5.74, 6) is -1.71. The third kappa shape index (κ3) is 7.69. The Morgan fingerprint density at radius 1 is 1.33 bits per heavy atom. The van der Waals surface area contributed by atoms with Gasteiger partial charge in [-0.05, 0) is 0 Å². The van der Waals surface area contributed by atoms with Crippen LogP contribution in [0.4, 0.5) is 0 Å². The van der Waals surface area contributed by atoms with Crippen molar-refractivity contribution in [3.63, 3.8) is 0 Å². The summed E-state index contributed by atoms with van der Waals surface area (Å²) in [7, 11) is 5.92. The van der Waals surface area contributed by atoms with Crippen LogP contribution in [0.1, 0.15) is 6.42 Å². The van der Waals surface area contributed by atoms with Gasteiger partial charge in [-0.25, -0.2) is 4.79 Å². The van der Waals surface area contributed by atoms with Crippen LogP contribution in [0.25, 0.3) is 0 Å². The highest BCUT2D eigenvalue weighted by atomic mass is 16.5. The minimum atomic E-state index is -1.08. The molecule has 0 bridgehead atoms. The van der Waals surface area contributed by atoms with Crippen molar-refractivity contribution < 1.29 is 23.9 Å². The van der Waals surface area contributed by atoms with Gasteiger partial charge in [-0.1, -0.05) is 6.58 Å². The van der Waals surface area contributed by atoms with Crippen LogP contribution in [-0.4, -0.2) is 55.8 Å². The number of carboxylic acid groups (broad SMARTS) is 1. The number of ether oxygens (including phenoxy) is 1. The summed E-state index contributed by atoms with van der Waals surface area (Å²) in [6.45, 7) is 4.29. The monoisotopic (exact) mass is 216 g/mol. The van der Waals surface area contributed by atoms with Crippen molar-refractivity contribution in [2.45, 2.75) is 6.42 Å². The predicted molar refractivity (Wildman–Crippen MR) is 55.3 cm³/mol. The summed E-state index contributed by atoms with van der Waals surface area (Å²) in [5.41, 5.74) is -0.0242. The standard InChI is InChI=1S/C10H17NO4/c1-8(7-9(12)13)10(14)15-6-5-11(2,3)4/h1,5-7H2,2-4H3/p+1. The van der Waals surface area contributed by atoms with Gasteiger partial charge >= 0.3 is 11.9 Å². The zero-order valence-corrected chi connectivity index (χ0v) is 9.45. The van der Waals surface area contributed by atoms with Gasteiger partial charge in [0.2, 0.25) is 0 Å². The van der Waals surface area contributed by atoms with E-state index in [1.165, 1.54) is 0 Å². The number of carbonyl (C=O) groups excluding carboxylic acids is 1. The fraction of sp³-hybridized carbons (Fsp3) is 0.600. The number of quaternary nitrogens is 1. The van der Waals surface area contributed by atoms with E-state index in [9.17, 15) is 9.59 Å². The molecule has 0 unspecified atom stereocenters. The number of carboxylic acids is 1. The maximum atomic E-state index is 11.2. The van der Waals surface area contributed by atoms with Gasteiger partial charge in [0.25, 0.3) is 0 Å². The number of nitrogens with zero attached hydrogens (tertiary/aromatic N) is 1. The van der Waals surface area contributed by atoms with E-state index in [2.05, 4.69) is 6.58 Å². The highest BCUT2D eigenvalue weighted by Crippen LogP contribution is 2.01. The summed E-state index contributed by atoms with van der Waals surface area (Å²) in [4.78, 5) is 21.4. The molecule has 0 aliphatic rings. The van der Waals surface area contributed by atoms with Gasteiger partial charge in [0.15, 0.2) is 0 Å². The Kier molecular flexibility index (Phi) is 5.00. The van der Waals surface area contributed by atoms with Crippen LogP contribution in [-0.2, 0) is 14.3 Å². The summed E-state index contributed by atoms with van der Waals surface area (Å²) in [6, 6.07) is 0. The largest absolute Gasteiger partial charge is 0.481 e. The molecule has 5 nitrogen and oxygen atoms in total. The van der Waals surface area contributed by atoms with Crippen LogP contribution in [0.5, 0.6) is 0 Å². The van der Waals surface area contributed by atoms with Crippen LogP contribution >= 0.6 is 0 Å². The number of rotatable bonds is 6. The zero-order valence-electron chi connectivity index (χ0n) is 9.45. The van der Waals surface area contributed by atoms with Crippen molar-refractivity contribution in [2.24, 2.45) is 0 Å². The Hall–Kier alpha value is -1.36. The van der Waals surface area contributed by atoms with Crippen molar-refractivity contribution >= 4 is 11.9 Å². The Labute approximate surface area is 89.5 Å². The number of hydrogen-bond donors (Lipinski definition) is 1. The van der Waals surface area contributed by atoms with E-state index in [0.717, 1.165) is 0 Å². The second kappa shape index (κ2) is 5.50. The van der Waals surface area contributed by atoms with Crippen molar-refractivity contribution in [3.05, 3.63) is 12.2 Å². The van der Waals surface area contributed by atoms with Crippen LogP contribution in [0.2, 0.25) is 0 Å². The van der Waals surface area contributed by atoms with Crippen molar-refractivity contribution in [1.29, 1.82) is 0 Å². The second-order valence-electron chi connectivity index (χ2n) is 4.32. The van der Waals surface area contributed by atoms with E-state index in [4.69, 9.17) is 9.84 Å². The molecule has 0 aromatic rings. The number of hydrogen-bond acceptors (Lipinski definition) is 3. The lowest BCUT2D eigenvalue weighted by molar-refractivity contribution is -0.870. The zero-order chi connectivity index (χ0) is 12.1. The predicted octanol–water partition coefficient (Wildman–Crippen LogP) is 0.267. The molecular formula is C10H18NO4+. The molecule has 0 heterocycles. The molecule has 0 amide bonds. The first-order chi connectivity index (χ1) is 6.72. The van der Waals surface area contributed by atoms with Crippen molar-refractivity contribution in [3.8, 4) is 0 Å². The van der Waals surface area contributed by atoms with Crippen molar-refractivity contribution in [1.82, 2.24) is 0 Å². The molecule has 0 radical (unpaired) electrons. The molecule has 86 valence electrons. The fourth-order valence-corrected chi connectivity index (χ4v) is 0.769. The van der Waals surface area contributed by atoms with Gasteiger partial charge in [-0.3, -0.25) is 4.79 Å². The van der Waals surface area contributed by atoms with Gasteiger partial charge < -0.3 is 14.3 Å². The van der Waals surface area contributed by atoms with Crippen LogP contribution in [0.3, 0.4) is 0 Å². The van der Waals surface area contributed by atoms with E-state index < -0.39 is 11.9 Å². The molecule has 0 aliphatic carbocycles. The van der Waals surface area contributed by atoms with Crippen LogP contribution in [0, 0.1) is 0 Å². The minimum Gasteiger partial charge on any atom is -0.481 e. The van der Waals surface area contributed by atoms with Crippen LogP contribution < -0.4 is 0 Å². The normalized spacial score (nSPS) is 10.9. The van der Waals surface area contributed by atoms with Crippen LogP contribution in [0.15, 0.2) is 12.2 Å². The highest BCUT2D eigenvalue weighted by molar-refractivity contribution is 5.92. The minimum absolute atomic E-state index is 0.0242. The number of esters is 1. The Bertz CT molecular complexity index is 265. The highest BCUT2D eigenvalue weighted by Gasteiger charge is 2.14. The summed E-state index contributed by atoms with van der Waals surface area (Å²) in [6.07, 6.45) is -0.372. The molecule has 5 heteroatoms. The Morgan fingerprint density at radius 2 is 1.87 bits per heavy atom. The lowest BCUT2D eigenvalue weighted by atomic mass is 10.2. The van der Waals surface area contributed by atoms with Gasteiger partial charge in [0.1, 0.15) is 13.2 Å². The number of aliphatic carboxylic acids is 1. The third-order valence-corrected chi connectivity index (χ3v) is 1.65. The first-order valence-corrected chi connectivity index (χ1v) is 4.59. The molecule has 0 saturated carbocycles. The topological polar surface area (TPSA) is 63.6 Å². The quantitative estimate of drug-likeness (QED) is 0.393. The van der Waals surface area contributed by atoms with E-state index in [1.807, 2.05) is 21.1 Å². The van der Waals surface area contributed by atoms with Gasteiger partial charge in [-0.2, -0.15) is 0 Å². The third-order valence-electron chi connectivity index (χ3n) is 1.65. The summed E-state index contributed by atoms with van der Waals surface area (Å²) in [5, 5.41) is 8.42. The average Bonchev–Trinajstić information content (AvgIpc) is 2.00. The number of likely N-dealkylation sites (N-methyl/N-ethyl adjacent to an activating group) is 1. The molecule has 0 rings (SSSR count). The molecule has 0 spiro atoms. The Balaban J connectivity index is 3.85. The van der Waals surface area contributed by atoms with E-state index in [-0.39, 0.29) is 18.6 Å². The molecule has 0 aromatic carbocycles. The molecule has 0 aliphatic heterocycles. The van der Waals surface area contributed by atoms with Gasteiger partial charge in [0.05, 0.1) is 27.6 Å². The maximum absolute atomic E-state index is 11.2. The first-order valence-electron chi connectivity index (χ1n) is 4.59. The molecule has 0 saturated heterocycles. The first kappa shape index (κ1) is 13.6. The van der Waals surface area contributed by atoms with Crippen molar-refractivity contribution in [2.75, 3.05) is 34.3 Å². The molecule has 15 heavy (non-hydrogen) atoms. The SMILES string of the molecule is C=C(CC(=O)O)C(=O)OCC[N+](C)(C)C. The molecule has 0 fully saturated rings. The van der Waals surface area contributed by atoms with E-state index in [1.54, 1.807) is 0 Å². The average molecular weight is 216 g/mol. The second-order valence-corrected chi connectivity index (χ2v) is 4.32. The molecule has 1 N–H and O–H groups in total. The summed E-state index contributed by atoms with van der Waals surface area (Å²) < 4.78 is 5.54.